The molecule has 86 valence electrons. The zero-order valence-corrected chi connectivity index (χ0v) is 10.8. The van der Waals surface area contributed by atoms with Gasteiger partial charge in [-0.15, -0.1) is 0 Å². The van der Waals surface area contributed by atoms with Gasteiger partial charge in [-0.2, -0.15) is 0 Å². The molecular formula is C12H15ClN2S. The van der Waals surface area contributed by atoms with Crippen LogP contribution in [-0.4, -0.2) is 18.6 Å². The fourth-order valence-electron chi connectivity index (χ4n) is 1.82. The summed E-state index contributed by atoms with van der Waals surface area (Å²) in [5, 5.41) is 0.673. The fourth-order valence-corrected chi connectivity index (χ4v) is 2.16. The van der Waals surface area contributed by atoms with Gasteiger partial charge < -0.3 is 10.6 Å². The van der Waals surface area contributed by atoms with Crippen LogP contribution in [0.4, 0.5) is 5.69 Å². The van der Waals surface area contributed by atoms with E-state index in [1.165, 1.54) is 12.8 Å². The molecule has 0 unspecified atom stereocenters. The molecule has 2 N–H and O–H groups in total. The SMILES string of the molecule is CN(CC1CC1)c1ccc(Cl)cc1C(N)=S. The minimum absolute atomic E-state index is 0.403. The van der Waals surface area contributed by atoms with E-state index in [1.807, 2.05) is 18.2 Å². The lowest BCUT2D eigenvalue weighted by Gasteiger charge is -2.22. The van der Waals surface area contributed by atoms with Gasteiger partial charge in [0.15, 0.2) is 0 Å². The Balaban J connectivity index is 2.26. The van der Waals surface area contributed by atoms with Crippen LogP contribution in [0.3, 0.4) is 0 Å². The molecule has 2 nitrogen and oxygen atoms in total. The van der Waals surface area contributed by atoms with E-state index in [2.05, 4.69) is 11.9 Å². The number of hydrogen-bond acceptors (Lipinski definition) is 2. The summed E-state index contributed by atoms with van der Waals surface area (Å²) in [7, 11) is 2.07. The minimum Gasteiger partial charge on any atom is -0.389 e. The maximum absolute atomic E-state index is 5.95. The van der Waals surface area contributed by atoms with Gasteiger partial charge >= 0.3 is 0 Å². The largest absolute Gasteiger partial charge is 0.389 e. The van der Waals surface area contributed by atoms with Gasteiger partial charge in [-0.05, 0) is 37.0 Å². The number of nitrogens with zero attached hydrogens (tertiary/aromatic N) is 1. The third-order valence-electron chi connectivity index (χ3n) is 2.86. The van der Waals surface area contributed by atoms with E-state index < -0.39 is 0 Å². The number of thiocarbonyl (C=S) groups is 1. The van der Waals surface area contributed by atoms with Crippen LogP contribution in [0.5, 0.6) is 0 Å². The second-order valence-corrected chi connectivity index (χ2v) is 5.23. The third-order valence-corrected chi connectivity index (χ3v) is 3.32. The Kier molecular flexibility index (Phi) is 3.36. The van der Waals surface area contributed by atoms with Gasteiger partial charge in [-0.25, -0.2) is 0 Å². The summed E-state index contributed by atoms with van der Waals surface area (Å²) in [6.07, 6.45) is 2.67. The monoisotopic (exact) mass is 254 g/mol. The first kappa shape index (κ1) is 11.7. The number of rotatable bonds is 4. The van der Waals surface area contributed by atoms with Crippen molar-refractivity contribution in [2.45, 2.75) is 12.8 Å². The molecule has 1 aromatic carbocycles. The van der Waals surface area contributed by atoms with Crippen molar-refractivity contribution in [3.8, 4) is 0 Å². The second kappa shape index (κ2) is 4.60. The second-order valence-electron chi connectivity index (χ2n) is 4.35. The van der Waals surface area contributed by atoms with Crippen LogP contribution in [0.2, 0.25) is 5.02 Å². The molecule has 1 aliphatic rings. The van der Waals surface area contributed by atoms with Crippen molar-refractivity contribution in [2.75, 3.05) is 18.5 Å². The zero-order chi connectivity index (χ0) is 11.7. The van der Waals surface area contributed by atoms with Gasteiger partial charge in [0.1, 0.15) is 4.99 Å². The average molecular weight is 255 g/mol. The molecule has 0 atom stereocenters. The highest BCUT2D eigenvalue weighted by molar-refractivity contribution is 7.80. The molecule has 0 bridgehead atoms. The summed E-state index contributed by atoms with van der Waals surface area (Å²) in [6.45, 7) is 1.07. The number of anilines is 1. The van der Waals surface area contributed by atoms with Crippen molar-refractivity contribution in [1.29, 1.82) is 0 Å². The molecule has 0 heterocycles. The predicted octanol–water partition coefficient (Wildman–Crippen LogP) is 2.82. The summed E-state index contributed by atoms with van der Waals surface area (Å²) in [5.41, 5.74) is 7.65. The molecule has 0 saturated heterocycles. The van der Waals surface area contributed by atoms with Gasteiger partial charge in [-0.1, -0.05) is 23.8 Å². The third kappa shape index (κ3) is 2.66. The van der Waals surface area contributed by atoms with Gasteiger partial charge in [-0.3, -0.25) is 0 Å². The van der Waals surface area contributed by atoms with Crippen LogP contribution in [0.25, 0.3) is 0 Å². The summed E-state index contributed by atoms with van der Waals surface area (Å²) in [4.78, 5) is 2.61. The summed E-state index contributed by atoms with van der Waals surface area (Å²) < 4.78 is 0. The van der Waals surface area contributed by atoms with Crippen molar-refractivity contribution in [3.05, 3.63) is 28.8 Å². The topological polar surface area (TPSA) is 29.3 Å². The average Bonchev–Trinajstić information content (AvgIpc) is 3.01. The highest BCUT2D eigenvalue weighted by Gasteiger charge is 2.24. The molecule has 0 amide bonds. The van der Waals surface area contributed by atoms with Crippen molar-refractivity contribution < 1.29 is 0 Å². The van der Waals surface area contributed by atoms with E-state index in [-0.39, 0.29) is 0 Å². The number of nitrogens with two attached hydrogens (primary N) is 1. The highest BCUT2D eigenvalue weighted by Crippen LogP contribution is 2.32. The molecular weight excluding hydrogens is 240 g/mol. The van der Waals surface area contributed by atoms with Crippen molar-refractivity contribution >= 4 is 34.5 Å². The zero-order valence-electron chi connectivity index (χ0n) is 9.24. The van der Waals surface area contributed by atoms with E-state index in [1.54, 1.807) is 0 Å². The van der Waals surface area contributed by atoms with E-state index >= 15 is 0 Å². The number of halogens is 1. The van der Waals surface area contributed by atoms with E-state index in [0.717, 1.165) is 23.7 Å². The Morgan fingerprint density at radius 1 is 1.56 bits per heavy atom. The van der Waals surface area contributed by atoms with Crippen molar-refractivity contribution in [1.82, 2.24) is 0 Å². The van der Waals surface area contributed by atoms with Gasteiger partial charge in [0, 0.05) is 29.9 Å². The lowest BCUT2D eigenvalue weighted by atomic mass is 10.1. The van der Waals surface area contributed by atoms with Crippen LogP contribution >= 0.6 is 23.8 Å². The molecule has 1 saturated carbocycles. The Hall–Kier alpha value is -0.800. The van der Waals surface area contributed by atoms with Crippen molar-refractivity contribution in [3.63, 3.8) is 0 Å². The quantitative estimate of drug-likeness (QED) is 0.838. The maximum atomic E-state index is 5.95. The standard InChI is InChI=1S/C12H15ClN2S/c1-15(7-8-2-3-8)11-5-4-9(13)6-10(11)12(14)16/h4-6,8H,2-3,7H2,1H3,(H2,14,16). The molecule has 0 spiro atoms. The lowest BCUT2D eigenvalue weighted by molar-refractivity contribution is 0.787. The van der Waals surface area contributed by atoms with Crippen LogP contribution in [-0.2, 0) is 0 Å². The summed E-state index contributed by atoms with van der Waals surface area (Å²) >= 11 is 11.0. The van der Waals surface area contributed by atoms with E-state index in [9.17, 15) is 0 Å². The molecule has 0 aromatic heterocycles. The number of benzene rings is 1. The molecule has 1 fully saturated rings. The molecule has 16 heavy (non-hydrogen) atoms. The Morgan fingerprint density at radius 3 is 2.81 bits per heavy atom. The van der Waals surface area contributed by atoms with E-state index in [0.29, 0.717) is 10.0 Å². The summed E-state index contributed by atoms with van der Waals surface area (Å²) in [6, 6.07) is 5.70. The maximum Gasteiger partial charge on any atom is 0.106 e. The Morgan fingerprint density at radius 2 is 2.25 bits per heavy atom. The Labute approximate surface area is 106 Å². The van der Waals surface area contributed by atoms with Crippen LogP contribution in [0, 0.1) is 5.92 Å². The minimum atomic E-state index is 0.403. The van der Waals surface area contributed by atoms with Gasteiger partial charge in [0.25, 0.3) is 0 Å². The van der Waals surface area contributed by atoms with Crippen molar-refractivity contribution in [2.24, 2.45) is 11.7 Å². The molecule has 4 heteroatoms. The van der Waals surface area contributed by atoms with Crippen LogP contribution in [0.15, 0.2) is 18.2 Å². The van der Waals surface area contributed by atoms with Crippen LogP contribution in [0.1, 0.15) is 18.4 Å². The first-order valence-electron chi connectivity index (χ1n) is 5.38. The Bertz CT molecular complexity index is 415. The molecule has 1 aliphatic carbocycles. The van der Waals surface area contributed by atoms with E-state index in [4.69, 9.17) is 29.6 Å². The fraction of sp³-hybridized carbons (Fsp3) is 0.417. The lowest BCUT2D eigenvalue weighted by Crippen LogP contribution is -2.23. The smallest absolute Gasteiger partial charge is 0.106 e. The first-order valence-corrected chi connectivity index (χ1v) is 6.17. The molecule has 2 rings (SSSR count). The normalized spacial score (nSPS) is 14.9. The first-order chi connectivity index (χ1) is 7.58. The van der Waals surface area contributed by atoms with Gasteiger partial charge in [0.05, 0.1) is 0 Å². The highest BCUT2D eigenvalue weighted by atomic mass is 35.5. The van der Waals surface area contributed by atoms with Crippen LogP contribution < -0.4 is 10.6 Å². The predicted molar refractivity (Wildman–Crippen MR) is 73.3 cm³/mol. The van der Waals surface area contributed by atoms with Gasteiger partial charge in [0.2, 0.25) is 0 Å². The number of hydrogen-bond donors (Lipinski definition) is 1. The summed E-state index contributed by atoms with van der Waals surface area (Å²) in [5.74, 6) is 0.833. The molecule has 1 aromatic rings. The molecule has 0 aliphatic heterocycles. The molecule has 0 radical (unpaired) electrons.